The quantitative estimate of drug-likeness (QED) is 0.862. The summed E-state index contributed by atoms with van der Waals surface area (Å²) < 4.78 is 11.7. The Morgan fingerprint density at radius 2 is 2.19 bits per heavy atom. The SMILES string of the molecule is C=CC(C)NCc1cc2c(cc1Br)OCO2. The molecular weight excluding hydrogens is 270 g/mol. The van der Waals surface area contributed by atoms with Crippen LogP contribution < -0.4 is 14.8 Å². The first kappa shape index (κ1) is 11.5. The normalized spacial score (nSPS) is 14.9. The molecule has 16 heavy (non-hydrogen) atoms. The third-order valence-corrected chi connectivity index (χ3v) is 3.25. The summed E-state index contributed by atoms with van der Waals surface area (Å²) >= 11 is 3.52. The Labute approximate surface area is 104 Å². The maximum atomic E-state index is 5.34. The molecule has 1 aromatic rings. The Hall–Kier alpha value is -1.00. The molecule has 0 radical (unpaired) electrons. The fraction of sp³-hybridized carbons (Fsp3) is 0.333. The summed E-state index contributed by atoms with van der Waals surface area (Å²) in [4.78, 5) is 0. The second-order valence-electron chi connectivity index (χ2n) is 3.70. The van der Waals surface area contributed by atoms with Crippen LogP contribution >= 0.6 is 15.9 Å². The Morgan fingerprint density at radius 3 is 2.88 bits per heavy atom. The lowest BCUT2D eigenvalue weighted by Gasteiger charge is -2.11. The summed E-state index contributed by atoms with van der Waals surface area (Å²) in [5.74, 6) is 1.61. The van der Waals surface area contributed by atoms with E-state index in [1.165, 1.54) is 0 Å². The van der Waals surface area contributed by atoms with Gasteiger partial charge in [-0.05, 0) is 24.6 Å². The monoisotopic (exact) mass is 283 g/mol. The van der Waals surface area contributed by atoms with E-state index in [1.807, 2.05) is 18.2 Å². The second-order valence-corrected chi connectivity index (χ2v) is 4.56. The summed E-state index contributed by atoms with van der Waals surface area (Å²) in [5.41, 5.74) is 1.15. The van der Waals surface area contributed by atoms with Crippen molar-refractivity contribution < 1.29 is 9.47 Å². The molecule has 0 saturated carbocycles. The largest absolute Gasteiger partial charge is 0.454 e. The van der Waals surface area contributed by atoms with E-state index in [-0.39, 0.29) is 6.04 Å². The fourth-order valence-electron chi connectivity index (χ4n) is 1.45. The molecule has 1 aliphatic heterocycles. The average Bonchev–Trinajstić information content (AvgIpc) is 2.72. The van der Waals surface area contributed by atoms with Gasteiger partial charge in [0, 0.05) is 17.1 Å². The summed E-state index contributed by atoms with van der Waals surface area (Å²) in [5, 5.41) is 3.34. The van der Waals surface area contributed by atoms with Gasteiger partial charge in [0.15, 0.2) is 11.5 Å². The minimum Gasteiger partial charge on any atom is -0.454 e. The number of halogens is 1. The van der Waals surface area contributed by atoms with Gasteiger partial charge in [0.1, 0.15) is 0 Å². The van der Waals surface area contributed by atoms with Crippen molar-refractivity contribution in [2.75, 3.05) is 6.79 Å². The lowest BCUT2D eigenvalue weighted by Crippen LogP contribution is -2.23. The van der Waals surface area contributed by atoms with Crippen molar-refractivity contribution in [2.24, 2.45) is 0 Å². The Bertz CT molecular complexity index is 406. The zero-order valence-electron chi connectivity index (χ0n) is 9.13. The number of benzene rings is 1. The Morgan fingerprint density at radius 1 is 1.50 bits per heavy atom. The molecule has 1 N–H and O–H groups in total. The van der Waals surface area contributed by atoms with Crippen LogP contribution in [-0.2, 0) is 6.54 Å². The van der Waals surface area contributed by atoms with E-state index in [1.54, 1.807) is 0 Å². The molecule has 0 spiro atoms. The predicted molar refractivity (Wildman–Crippen MR) is 66.8 cm³/mol. The van der Waals surface area contributed by atoms with Crippen molar-refractivity contribution in [3.63, 3.8) is 0 Å². The van der Waals surface area contributed by atoms with Crippen molar-refractivity contribution >= 4 is 15.9 Å². The minimum atomic E-state index is 0.289. The van der Waals surface area contributed by atoms with E-state index in [4.69, 9.17) is 9.47 Å². The summed E-state index contributed by atoms with van der Waals surface area (Å²) in [6.45, 7) is 6.87. The van der Waals surface area contributed by atoms with Crippen molar-refractivity contribution in [1.82, 2.24) is 5.32 Å². The van der Waals surface area contributed by atoms with Crippen molar-refractivity contribution in [3.05, 3.63) is 34.8 Å². The number of fused-ring (bicyclic) bond motifs is 1. The van der Waals surface area contributed by atoms with Crippen LogP contribution in [0.4, 0.5) is 0 Å². The Balaban J connectivity index is 2.12. The molecule has 2 rings (SSSR count). The van der Waals surface area contributed by atoms with Gasteiger partial charge in [-0.15, -0.1) is 6.58 Å². The van der Waals surface area contributed by atoms with Crippen LogP contribution in [0.1, 0.15) is 12.5 Å². The Kier molecular flexibility index (Phi) is 3.51. The number of ether oxygens (including phenoxy) is 2. The van der Waals surface area contributed by atoms with Gasteiger partial charge in [-0.25, -0.2) is 0 Å². The van der Waals surface area contributed by atoms with Crippen LogP contribution in [0.2, 0.25) is 0 Å². The standard InChI is InChI=1S/C12H14BrNO2/c1-3-8(2)14-6-9-4-11-12(5-10(9)13)16-7-15-11/h3-5,8,14H,1,6-7H2,2H3. The highest BCUT2D eigenvalue weighted by atomic mass is 79.9. The zero-order valence-corrected chi connectivity index (χ0v) is 10.7. The van der Waals surface area contributed by atoms with Crippen molar-refractivity contribution in [1.29, 1.82) is 0 Å². The number of nitrogens with one attached hydrogen (secondary N) is 1. The van der Waals surface area contributed by atoms with E-state index < -0.39 is 0 Å². The van der Waals surface area contributed by atoms with Gasteiger partial charge in [-0.2, -0.15) is 0 Å². The smallest absolute Gasteiger partial charge is 0.231 e. The molecule has 4 heteroatoms. The predicted octanol–water partition coefficient (Wildman–Crippen LogP) is 2.84. The van der Waals surface area contributed by atoms with Gasteiger partial charge in [-0.3, -0.25) is 0 Å². The third kappa shape index (κ3) is 2.39. The summed E-state index contributed by atoms with van der Waals surface area (Å²) in [6, 6.07) is 4.23. The molecule has 1 heterocycles. The van der Waals surface area contributed by atoms with Crippen molar-refractivity contribution in [3.8, 4) is 11.5 Å². The highest BCUT2D eigenvalue weighted by Gasteiger charge is 2.16. The molecule has 1 unspecified atom stereocenters. The molecular formula is C12H14BrNO2. The van der Waals surface area contributed by atoms with E-state index in [9.17, 15) is 0 Å². The van der Waals surface area contributed by atoms with E-state index >= 15 is 0 Å². The molecule has 3 nitrogen and oxygen atoms in total. The molecule has 0 aromatic heterocycles. The van der Waals surface area contributed by atoms with Crippen LogP contribution in [0.3, 0.4) is 0 Å². The third-order valence-electron chi connectivity index (χ3n) is 2.51. The van der Waals surface area contributed by atoms with Crippen LogP contribution in [0.25, 0.3) is 0 Å². The number of rotatable bonds is 4. The summed E-state index contributed by atoms with van der Waals surface area (Å²) in [7, 11) is 0. The number of hydrogen-bond acceptors (Lipinski definition) is 3. The topological polar surface area (TPSA) is 30.5 Å². The molecule has 0 fully saturated rings. The maximum absolute atomic E-state index is 5.34. The van der Waals surface area contributed by atoms with Crippen LogP contribution in [0, 0.1) is 0 Å². The number of hydrogen-bond donors (Lipinski definition) is 1. The lowest BCUT2D eigenvalue weighted by molar-refractivity contribution is 0.174. The first-order valence-electron chi connectivity index (χ1n) is 5.14. The molecule has 1 atom stereocenters. The van der Waals surface area contributed by atoms with E-state index in [0.717, 1.165) is 28.1 Å². The molecule has 0 saturated heterocycles. The first-order chi connectivity index (χ1) is 7.70. The highest BCUT2D eigenvalue weighted by Crippen LogP contribution is 2.36. The second kappa shape index (κ2) is 4.89. The summed E-state index contributed by atoms with van der Waals surface area (Å²) in [6.07, 6.45) is 1.88. The zero-order chi connectivity index (χ0) is 11.5. The van der Waals surface area contributed by atoms with Crippen LogP contribution in [0.15, 0.2) is 29.3 Å². The van der Waals surface area contributed by atoms with Gasteiger partial charge in [0.05, 0.1) is 0 Å². The van der Waals surface area contributed by atoms with Gasteiger partial charge in [0.2, 0.25) is 6.79 Å². The van der Waals surface area contributed by atoms with E-state index in [2.05, 4.69) is 34.7 Å². The molecule has 0 aliphatic carbocycles. The molecule has 1 aromatic carbocycles. The van der Waals surface area contributed by atoms with Crippen molar-refractivity contribution in [2.45, 2.75) is 19.5 Å². The van der Waals surface area contributed by atoms with Gasteiger partial charge in [0.25, 0.3) is 0 Å². The van der Waals surface area contributed by atoms with Gasteiger partial charge < -0.3 is 14.8 Å². The molecule has 0 bridgehead atoms. The molecule has 0 amide bonds. The van der Waals surface area contributed by atoms with Crippen LogP contribution in [-0.4, -0.2) is 12.8 Å². The fourth-order valence-corrected chi connectivity index (χ4v) is 1.91. The average molecular weight is 284 g/mol. The minimum absolute atomic E-state index is 0.289. The lowest BCUT2D eigenvalue weighted by atomic mass is 10.2. The van der Waals surface area contributed by atoms with Gasteiger partial charge in [-0.1, -0.05) is 22.0 Å². The highest BCUT2D eigenvalue weighted by molar-refractivity contribution is 9.10. The van der Waals surface area contributed by atoms with Crippen LogP contribution in [0.5, 0.6) is 11.5 Å². The molecule has 86 valence electrons. The molecule has 1 aliphatic rings. The first-order valence-corrected chi connectivity index (χ1v) is 5.94. The maximum Gasteiger partial charge on any atom is 0.231 e. The van der Waals surface area contributed by atoms with E-state index in [0.29, 0.717) is 6.79 Å². The van der Waals surface area contributed by atoms with Gasteiger partial charge >= 0.3 is 0 Å².